The molecule has 3 aromatic rings. The molecular weight excluding hydrogens is 480 g/mol. The van der Waals surface area contributed by atoms with Crippen molar-refractivity contribution in [2.75, 3.05) is 37.7 Å². The fourth-order valence-corrected chi connectivity index (χ4v) is 4.35. The van der Waals surface area contributed by atoms with Gasteiger partial charge in [0.25, 0.3) is 5.91 Å². The number of hydrogen-bond acceptors (Lipinski definition) is 6. The Morgan fingerprint density at radius 1 is 1.06 bits per heavy atom. The molecule has 2 aromatic carbocycles. The topological polar surface area (TPSA) is 94.9 Å². The van der Waals surface area contributed by atoms with Crippen molar-refractivity contribution in [3.8, 4) is 5.75 Å². The van der Waals surface area contributed by atoms with Gasteiger partial charge in [0.05, 0.1) is 22.7 Å². The number of aromatic carboxylic acids is 1. The minimum Gasteiger partial charge on any atom is -0.545 e. The molecule has 0 spiro atoms. The van der Waals surface area contributed by atoms with Gasteiger partial charge < -0.3 is 29.0 Å². The number of amides is 1. The van der Waals surface area contributed by atoms with E-state index < -0.39 is 22.8 Å². The minimum absolute atomic E-state index is 0. The number of carboxylic acids is 1. The molecule has 1 aliphatic heterocycles. The number of para-hydroxylation sites is 1. The summed E-state index contributed by atoms with van der Waals surface area (Å²) in [5.41, 5.74) is -0.374. The summed E-state index contributed by atoms with van der Waals surface area (Å²) in [7, 11) is 0. The molecule has 1 saturated heterocycles. The van der Waals surface area contributed by atoms with Crippen LogP contribution in [0.1, 0.15) is 29.2 Å². The molecule has 10 heteroatoms. The first-order chi connectivity index (χ1) is 16.4. The van der Waals surface area contributed by atoms with E-state index in [1.807, 2.05) is 23.1 Å². The average Bonchev–Trinajstić information content (AvgIpc) is 3.69. The summed E-state index contributed by atoms with van der Waals surface area (Å²) in [6.07, 6.45) is 3.04. The minimum atomic E-state index is -1.57. The molecule has 5 rings (SSSR count). The molecule has 0 bridgehead atoms. The Labute approximate surface area is 243 Å². The van der Waals surface area contributed by atoms with E-state index in [4.69, 9.17) is 4.74 Å². The Kier molecular flexibility index (Phi) is 7.97. The van der Waals surface area contributed by atoms with Crippen molar-refractivity contribution < 1.29 is 75.2 Å². The number of fused-ring (bicyclic) bond motifs is 1. The number of rotatable bonds is 6. The van der Waals surface area contributed by atoms with Gasteiger partial charge in [0.2, 0.25) is 0 Å². The van der Waals surface area contributed by atoms with E-state index in [1.54, 1.807) is 27.7 Å². The van der Waals surface area contributed by atoms with Crippen LogP contribution in [0.15, 0.2) is 53.5 Å². The van der Waals surface area contributed by atoms with E-state index >= 15 is 4.39 Å². The molecule has 2 heterocycles. The Bertz CT molecular complexity index is 1320. The van der Waals surface area contributed by atoms with Crippen LogP contribution >= 0.6 is 0 Å². The van der Waals surface area contributed by atoms with Gasteiger partial charge in [-0.15, -0.1) is 0 Å². The number of halogens is 1. The number of pyridine rings is 1. The van der Waals surface area contributed by atoms with Crippen molar-refractivity contribution in [3.05, 3.63) is 70.3 Å². The van der Waals surface area contributed by atoms with E-state index in [-0.39, 0.29) is 75.3 Å². The van der Waals surface area contributed by atoms with Crippen molar-refractivity contribution in [3.63, 3.8) is 0 Å². The van der Waals surface area contributed by atoms with Gasteiger partial charge in [-0.3, -0.25) is 9.59 Å². The maximum absolute atomic E-state index is 15.1. The molecule has 176 valence electrons. The molecule has 1 saturated carbocycles. The molecule has 1 aromatic heterocycles. The molecule has 2 fully saturated rings. The first-order valence-corrected chi connectivity index (χ1v) is 11.2. The first kappa shape index (κ1) is 25.8. The number of carboxylic acid groups (broad SMARTS) is 1. The Hall–Kier alpha value is -2.24. The third-order valence-electron chi connectivity index (χ3n) is 6.34. The summed E-state index contributed by atoms with van der Waals surface area (Å²) < 4.78 is 22.4. The normalized spacial score (nSPS) is 15.6. The van der Waals surface area contributed by atoms with Crippen molar-refractivity contribution in [1.82, 2.24) is 9.47 Å². The van der Waals surface area contributed by atoms with Crippen LogP contribution in [-0.4, -0.2) is 54.1 Å². The van der Waals surface area contributed by atoms with Gasteiger partial charge >= 0.3 is 51.4 Å². The second kappa shape index (κ2) is 10.8. The second-order valence-corrected chi connectivity index (χ2v) is 8.59. The van der Waals surface area contributed by atoms with Crippen LogP contribution < -0.4 is 71.6 Å². The van der Waals surface area contributed by atoms with Gasteiger partial charge in [0, 0.05) is 43.8 Å². The molecule has 0 N–H and O–H groups in total. The van der Waals surface area contributed by atoms with Crippen LogP contribution in [0.5, 0.6) is 5.75 Å². The number of piperazine rings is 1. The molecule has 35 heavy (non-hydrogen) atoms. The maximum atomic E-state index is 15.1. The monoisotopic (exact) mass is 503 g/mol. The quantitative estimate of drug-likeness (QED) is 0.383. The van der Waals surface area contributed by atoms with Crippen molar-refractivity contribution in [2.24, 2.45) is 0 Å². The molecule has 0 atom stereocenters. The summed E-state index contributed by atoms with van der Waals surface area (Å²) in [5.74, 6) is -1.69. The van der Waals surface area contributed by atoms with Crippen molar-refractivity contribution in [1.29, 1.82) is 0 Å². The van der Waals surface area contributed by atoms with E-state index in [0.717, 1.165) is 18.9 Å². The molecule has 1 amide bonds. The number of aromatic nitrogens is 1. The number of ether oxygens (including phenoxy) is 1. The summed E-state index contributed by atoms with van der Waals surface area (Å²) in [4.78, 5) is 40.1. The zero-order valence-corrected chi connectivity index (χ0v) is 22.5. The Morgan fingerprint density at radius 3 is 2.37 bits per heavy atom. The van der Waals surface area contributed by atoms with Crippen LogP contribution in [0.4, 0.5) is 10.1 Å². The third-order valence-corrected chi connectivity index (χ3v) is 6.34. The number of carbonyl (C=O) groups is 2. The van der Waals surface area contributed by atoms with Gasteiger partial charge in [0.15, 0.2) is 12.0 Å². The number of anilines is 1. The standard InChI is InChI=1S/C25H24FN3O5.K/c26-20-12-18-21(29(16-6-7-16)14-19(24(18)31)25(32)33)13-22(20)27-8-10-28(11-9-27)23(30)15-34-17-4-2-1-3-5-17;/h1-5,12-14,16H,6-11,15H2,(H,32,33);/q;+1/p-1. The fourth-order valence-electron chi connectivity index (χ4n) is 4.35. The van der Waals surface area contributed by atoms with Gasteiger partial charge in [-0.25, -0.2) is 4.39 Å². The largest absolute Gasteiger partial charge is 1.00 e. The Balaban J connectivity index is 0.00000289. The zero-order valence-electron chi connectivity index (χ0n) is 19.4. The average molecular weight is 504 g/mol. The smallest absolute Gasteiger partial charge is 0.545 e. The van der Waals surface area contributed by atoms with Crippen LogP contribution in [0.3, 0.4) is 0 Å². The van der Waals surface area contributed by atoms with Gasteiger partial charge in [-0.05, 0) is 37.1 Å². The van der Waals surface area contributed by atoms with Crippen LogP contribution in [0.25, 0.3) is 10.9 Å². The van der Waals surface area contributed by atoms with Gasteiger partial charge in [0.1, 0.15) is 11.6 Å². The number of carbonyl (C=O) groups excluding carboxylic acids is 2. The number of nitrogens with zero attached hydrogens (tertiary/aromatic N) is 3. The van der Waals surface area contributed by atoms with Crippen LogP contribution in [0, 0.1) is 5.82 Å². The molecule has 0 unspecified atom stereocenters. The predicted octanol–water partition coefficient (Wildman–Crippen LogP) is -1.43. The molecule has 1 aliphatic carbocycles. The van der Waals surface area contributed by atoms with Crippen molar-refractivity contribution >= 4 is 28.5 Å². The van der Waals surface area contributed by atoms with E-state index in [9.17, 15) is 19.5 Å². The van der Waals surface area contributed by atoms with Gasteiger partial charge in [-0.2, -0.15) is 0 Å². The third kappa shape index (κ3) is 5.46. The summed E-state index contributed by atoms with van der Waals surface area (Å²) >= 11 is 0. The Morgan fingerprint density at radius 2 is 1.74 bits per heavy atom. The van der Waals surface area contributed by atoms with E-state index in [2.05, 4.69) is 0 Å². The molecule has 2 aliphatic rings. The van der Waals surface area contributed by atoms with E-state index in [1.165, 1.54) is 6.20 Å². The molecule has 8 nitrogen and oxygen atoms in total. The number of hydrogen-bond donors (Lipinski definition) is 0. The summed E-state index contributed by atoms with van der Waals surface area (Å²) in [6.45, 7) is 1.60. The SMILES string of the molecule is O=C([O-])c1cn(C2CC2)c2cc(N3CCN(C(=O)COc4ccccc4)CC3)c(F)cc2c1=O.[K+]. The first-order valence-electron chi connectivity index (χ1n) is 11.2. The summed E-state index contributed by atoms with van der Waals surface area (Å²) in [5, 5.41) is 11.4. The molecule has 0 radical (unpaired) electrons. The van der Waals surface area contributed by atoms with Crippen LogP contribution in [-0.2, 0) is 4.79 Å². The number of benzene rings is 2. The zero-order chi connectivity index (χ0) is 23.8. The van der Waals surface area contributed by atoms with Crippen LogP contribution in [0.2, 0.25) is 0 Å². The van der Waals surface area contributed by atoms with Gasteiger partial charge in [-0.1, -0.05) is 18.2 Å². The fraction of sp³-hybridized carbons (Fsp3) is 0.320. The maximum Gasteiger partial charge on any atom is 1.00 e. The van der Waals surface area contributed by atoms with E-state index in [0.29, 0.717) is 43.1 Å². The molecular formula is C25H23FKN3O5. The summed E-state index contributed by atoms with van der Waals surface area (Å²) in [6, 6.07) is 11.9. The second-order valence-electron chi connectivity index (χ2n) is 8.59. The predicted molar refractivity (Wildman–Crippen MR) is 121 cm³/mol. The van der Waals surface area contributed by atoms with Crippen molar-refractivity contribution in [2.45, 2.75) is 18.9 Å².